The summed E-state index contributed by atoms with van der Waals surface area (Å²) in [5.74, 6) is -1.84. The number of benzene rings is 3. The molecular weight excluding hydrogens is 517 g/mol. The number of nitrogens with zero attached hydrogens (tertiary/aromatic N) is 2. The zero-order valence-corrected chi connectivity index (χ0v) is 22.2. The summed E-state index contributed by atoms with van der Waals surface area (Å²) in [4.78, 5) is 28.4. The van der Waals surface area contributed by atoms with Crippen LogP contribution in [0.25, 0.3) is 0 Å². The number of carbonyl (C=O) groups is 2. The molecule has 0 aliphatic heterocycles. The van der Waals surface area contributed by atoms with E-state index in [4.69, 9.17) is 11.6 Å². The van der Waals surface area contributed by atoms with Gasteiger partial charge < -0.3 is 10.2 Å². The maximum absolute atomic E-state index is 14.6. The van der Waals surface area contributed by atoms with E-state index in [1.165, 1.54) is 23.1 Å². The SMILES string of the molecule is CCNC(=O)[C@H](Cc1ccccc1)N(Cc1cccc(Cl)c1)C(=O)CN(c1ccccc1F)S(C)(=O)=O. The van der Waals surface area contributed by atoms with Crippen LogP contribution in [0.3, 0.4) is 0 Å². The van der Waals surface area contributed by atoms with E-state index in [0.717, 1.165) is 17.9 Å². The summed E-state index contributed by atoms with van der Waals surface area (Å²) < 4.78 is 40.6. The van der Waals surface area contributed by atoms with Crippen LogP contribution in [0.2, 0.25) is 5.02 Å². The van der Waals surface area contributed by atoms with Gasteiger partial charge in [-0.1, -0.05) is 66.2 Å². The summed E-state index contributed by atoms with van der Waals surface area (Å²) in [6.07, 6.45) is 1.09. The lowest BCUT2D eigenvalue weighted by atomic mass is 10.0. The van der Waals surface area contributed by atoms with Gasteiger partial charge in [0.15, 0.2) is 0 Å². The number of rotatable bonds is 11. The molecule has 2 amide bonds. The van der Waals surface area contributed by atoms with Gasteiger partial charge >= 0.3 is 0 Å². The average molecular weight is 546 g/mol. The zero-order chi connectivity index (χ0) is 27.0. The van der Waals surface area contributed by atoms with E-state index in [1.807, 2.05) is 30.3 Å². The van der Waals surface area contributed by atoms with Crippen molar-refractivity contribution >= 4 is 39.1 Å². The second-order valence-electron chi connectivity index (χ2n) is 8.47. The summed E-state index contributed by atoms with van der Waals surface area (Å²) in [5.41, 5.74) is 1.22. The Balaban J connectivity index is 2.05. The van der Waals surface area contributed by atoms with Crippen LogP contribution in [-0.2, 0) is 32.6 Å². The van der Waals surface area contributed by atoms with E-state index in [1.54, 1.807) is 31.2 Å². The largest absolute Gasteiger partial charge is 0.355 e. The van der Waals surface area contributed by atoms with E-state index >= 15 is 0 Å². The van der Waals surface area contributed by atoms with E-state index in [-0.39, 0.29) is 18.7 Å². The number of carbonyl (C=O) groups excluding carboxylic acids is 2. The van der Waals surface area contributed by atoms with Gasteiger partial charge in [-0.3, -0.25) is 13.9 Å². The quantitative estimate of drug-likeness (QED) is 0.394. The molecule has 0 bridgehead atoms. The van der Waals surface area contributed by atoms with Crippen molar-refractivity contribution in [2.24, 2.45) is 0 Å². The molecule has 1 atom stereocenters. The van der Waals surface area contributed by atoms with Crippen LogP contribution in [0, 0.1) is 5.82 Å². The van der Waals surface area contributed by atoms with Crippen molar-refractivity contribution in [3.8, 4) is 0 Å². The van der Waals surface area contributed by atoms with Crippen molar-refractivity contribution in [3.05, 3.63) is 101 Å². The first-order valence-corrected chi connectivity index (χ1v) is 13.9. The smallest absolute Gasteiger partial charge is 0.244 e. The first kappa shape index (κ1) is 28.1. The van der Waals surface area contributed by atoms with Crippen LogP contribution in [-0.4, -0.2) is 50.5 Å². The predicted octanol–water partition coefficient (Wildman–Crippen LogP) is 4.02. The number of halogens is 2. The van der Waals surface area contributed by atoms with Crippen molar-refractivity contribution < 1.29 is 22.4 Å². The third-order valence-electron chi connectivity index (χ3n) is 5.66. The Morgan fingerprint density at radius 3 is 2.24 bits per heavy atom. The molecule has 7 nitrogen and oxygen atoms in total. The van der Waals surface area contributed by atoms with Gasteiger partial charge in [-0.2, -0.15) is 0 Å². The van der Waals surface area contributed by atoms with Crippen molar-refractivity contribution in [2.45, 2.75) is 25.9 Å². The van der Waals surface area contributed by atoms with Crippen LogP contribution < -0.4 is 9.62 Å². The Hall–Kier alpha value is -3.43. The highest BCUT2D eigenvalue weighted by atomic mass is 35.5. The lowest BCUT2D eigenvalue weighted by Gasteiger charge is -2.33. The predicted molar refractivity (Wildman–Crippen MR) is 143 cm³/mol. The Kier molecular flexibility index (Phi) is 9.66. The third-order valence-corrected chi connectivity index (χ3v) is 7.03. The van der Waals surface area contributed by atoms with Crippen molar-refractivity contribution in [1.82, 2.24) is 10.2 Å². The molecule has 3 rings (SSSR count). The van der Waals surface area contributed by atoms with Crippen LogP contribution in [0.4, 0.5) is 10.1 Å². The van der Waals surface area contributed by atoms with E-state index < -0.39 is 40.2 Å². The molecule has 196 valence electrons. The third kappa shape index (κ3) is 7.77. The summed E-state index contributed by atoms with van der Waals surface area (Å²) >= 11 is 6.16. The molecule has 0 saturated heterocycles. The van der Waals surface area contributed by atoms with Crippen LogP contribution >= 0.6 is 11.6 Å². The lowest BCUT2D eigenvalue weighted by molar-refractivity contribution is -0.140. The maximum atomic E-state index is 14.6. The topological polar surface area (TPSA) is 86.8 Å². The molecule has 0 aliphatic rings. The fourth-order valence-electron chi connectivity index (χ4n) is 3.93. The molecule has 3 aromatic rings. The molecule has 0 aromatic heterocycles. The highest BCUT2D eigenvalue weighted by molar-refractivity contribution is 7.92. The summed E-state index contributed by atoms with van der Waals surface area (Å²) in [7, 11) is -4.04. The van der Waals surface area contributed by atoms with Crippen LogP contribution in [0.15, 0.2) is 78.9 Å². The molecule has 1 N–H and O–H groups in total. The summed E-state index contributed by atoms with van der Waals surface area (Å²) in [5, 5.41) is 3.22. The second kappa shape index (κ2) is 12.7. The number of amides is 2. The summed E-state index contributed by atoms with van der Waals surface area (Å²) in [6.45, 7) is 1.41. The first-order chi connectivity index (χ1) is 17.6. The van der Waals surface area contributed by atoms with Crippen molar-refractivity contribution in [1.29, 1.82) is 0 Å². The van der Waals surface area contributed by atoms with Crippen LogP contribution in [0.5, 0.6) is 0 Å². The molecule has 0 saturated carbocycles. The van der Waals surface area contributed by atoms with E-state index in [9.17, 15) is 22.4 Å². The number of nitrogens with one attached hydrogen (secondary N) is 1. The Labute approximate surface area is 221 Å². The van der Waals surface area contributed by atoms with Gasteiger partial charge in [-0.05, 0) is 42.3 Å². The average Bonchev–Trinajstić information content (AvgIpc) is 2.85. The molecule has 37 heavy (non-hydrogen) atoms. The first-order valence-electron chi connectivity index (χ1n) is 11.7. The van der Waals surface area contributed by atoms with Gasteiger partial charge in [0.05, 0.1) is 11.9 Å². The van der Waals surface area contributed by atoms with Gasteiger partial charge in [0, 0.05) is 24.5 Å². The Bertz CT molecular complexity index is 1340. The second-order valence-corrected chi connectivity index (χ2v) is 10.8. The minimum absolute atomic E-state index is 0.0110. The maximum Gasteiger partial charge on any atom is 0.244 e. The molecular formula is C27H29ClFN3O4S. The molecule has 0 spiro atoms. The summed E-state index contributed by atoms with van der Waals surface area (Å²) in [6, 6.07) is 20.4. The number of sulfonamides is 1. The van der Waals surface area contributed by atoms with Crippen LogP contribution in [0.1, 0.15) is 18.1 Å². The van der Waals surface area contributed by atoms with Gasteiger partial charge in [0.1, 0.15) is 18.4 Å². The zero-order valence-electron chi connectivity index (χ0n) is 20.6. The van der Waals surface area contributed by atoms with Gasteiger partial charge in [-0.25, -0.2) is 12.8 Å². The minimum atomic E-state index is -4.04. The molecule has 3 aromatic carbocycles. The lowest BCUT2D eigenvalue weighted by Crippen LogP contribution is -2.53. The van der Waals surface area contributed by atoms with Crippen molar-refractivity contribution in [3.63, 3.8) is 0 Å². The van der Waals surface area contributed by atoms with Gasteiger partial charge in [0.2, 0.25) is 21.8 Å². The van der Waals surface area contributed by atoms with Crippen molar-refractivity contribution in [2.75, 3.05) is 23.7 Å². The number of likely N-dealkylation sites (N-methyl/N-ethyl adjacent to an activating group) is 1. The number of hydrogen-bond acceptors (Lipinski definition) is 4. The number of anilines is 1. The molecule has 0 fully saturated rings. The molecule has 0 unspecified atom stereocenters. The molecule has 0 aliphatic carbocycles. The highest BCUT2D eigenvalue weighted by Gasteiger charge is 2.33. The highest BCUT2D eigenvalue weighted by Crippen LogP contribution is 2.23. The Morgan fingerprint density at radius 2 is 1.62 bits per heavy atom. The Morgan fingerprint density at radius 1 is 0.973 bits per heavy atom. The number of hydrogen-bond donors (Lipinski definition) is 1. The fraction of sp³-hybridized carbons (Fsp3) is 0.259. The minimum Gasteiger partial charge on any atom is -0.355 e. The molecule has 0 heterocycles. The fourth-order valence-corrected chi connectivity index (χ4v) is 4.99. The number of para-hydroxylation sites is 1. The normalized spacial score (nSPS) is 12.0. The molecule has 10 heteroatoms. The standard InChI is InChI=1S/C27H29ClFN3O4S/c1-3-30-27(34)25(17-20-10-5-4-6-11-20)31(18-21-12-9-13-22(28)16-21)26(33)19-32(37(2,35)36)24-15-8-7-14-23(24)29/h4-16,25H,3,17-19H2,1-2H3,(H,30,34)/t25-/m0/s1. The van der Waals surface area contributed by atoms with E-state index in [0.29, 0.717) is 21.4 Å². The van der Waals surface area contributed by atoms with E-state index in [2.05, 4.69) is 5.32 Å². The van der Waals surface area contributed by atoms with Gasteiger partial charge in [-0.15, -0.1) is 0 Å². The van der Waals surface area contributed by atoms with Gasteiger partial charge in [0.25, 0.3) is 0 Å². The monoisotopic (exact) mass is 545 g/mol. The molecule has 0 radical (unpaired) electrons.